The smallest absolute Gasteiger partial charge is 0.267 e. The van der Waals surface area contributed by atoms with Crippen molar-refractivity contribution >= 4 is 22.8 Å². The Morgan fingerprint density at radius 3 is 2.69 bits per heavy atom. The highest BCUT2D eigenvalue weighted by Gasteiger charge is 2.22. The average molecular weight is 445 g/mol. The molecule has 4 rings (SSSR count). The van der Waals surface area contributed by atoms with Gasteiger partial charge < -0.3 is 25.1 Å². The van der Waals surface area contributed by atoms with E-state index in [1.807, 2.05) is 18.2 Å². The number of fused-ring (bicyclic) bond motifs is 2. The molecule has 3 aromatic rings. The third kappa shape index (κ3) is 4.74. The summed E-state index contributed by atoms with van der Waals surface area (Å²) in [5, 5.41) is 6.57. The molecule has 0 unspecified atom stereocenters. The number of carbonyl (C=O) groups is 1. The highest BCUT2D eigenvalue weighted by atomic mass is 19.3. The summed E-state index contributed by atoms with van der Waals surface area (Å²) in [4.78, 5) is 23.8. The van der Waals surface area contributed by atoms with Gasteiger partial charge in [0.1, 0.15) is 36.7 Å². The summed E-state index contributed by atoms with van der Waals surface area (Å²) in [7, 11) is 0. The van der Waals surface area contributed by atoms with Crippen molar-refractivity contribution in [2.24, 2.45) is 5.92 Å². The molecule has 0 radical (unpaired) electrons. The molecular formula is C22H25F2N5O3. The van der Waals surface area contributed by atoms with E-state index in [4.69, 9.17) is 9.47 Å². The van der Waals surface area contributed by atoms with Gasteiger partial charge in [-0.05, 0) is 29.7 Å². The quantitative estimate of drug-likeness (QED) is 0.486. The Bertz CT molecular complexity index is 1100. The normalized spacial score (nSPS) is 14.1. The number of aromatic nitrogens is 3. The van der Waals surface area contributed by atoms with E-state index >= 15 is 0 Å². The molecule has 3 N–H and O–H groups in total. The van der Waals surface area contributed by atoms with Gasteiger partial charge in [0, 0.05) is 13.0 Å². The minimum absolute atomic E-state index is 0.0952. The molecule has 2 aromatic heterocycles. The Morgan fingerprint density at radius 1 is 1.16 bits per heavy atom. The van der Waals surface area contributed by atoms with E-state index in [9.17, 15) is 13.6 Å². The van der Waals surface area contributed by atoms with E-state index in [0.29, 0.717) is 35.8 Å². The summed E-state index contributed by atoms with van der Waals surface area (Å²) in [6.45, 7) is 5.11. The van der Waals surface area contributed by atoms with Crippen LogP contribution < -0.4 is 20.1 Å². The number of aromatic amines is 1. The zero-order valence-corrected chi connectivity index (χ0v) is 17.8. The maximum absolute atomic E-state index is 12.3. The van der Waals surface area contributed by atoms with Crippen LogP contribution in [0, 0.1) is 5.92 Å². The zero-order valence-electron chi connectivity index (χ0n) is 17.8. The predicted octanol–water partition coefficient (Wildman–Crippen LogP) is 3.92. The zero-order chi connectivity index (χ0) is 22.7. The van der Waals surface area contributed by atoms with Gasteiger partial charge in [0.25, 0.3) is 5.91 Å². The van der Waals surface area contributed by atoms with E-state index < -0.39 is 18.8 Å². The van der Waals surface area contributed by atoms with Crippen LogP contribution in [0.5, 0.6) is 11.5 Å². The number of anilines is 1. The van der Waals surface area contributed by atoms with Crippen LogP contribution in [0.25, 0.3) is 11.0 Å². The monoisotopic (exact) mass is 445 g/mol. The highest BCUT2D eigenvalue weighted by molar-refractivity contribution is 5.99. The van der Waals surface area contributed by atoms with Crippen LogP contribution in [0.4, 0.5) is 14.6 Å². The largest absolute Gasteiger partial charge is 0.486 e. The molecule has 1 amide bonds. The number of benzene rings is 1. The van der Waals surface area contributed by atoms with Crippen molar-refractivity contribution in [3.63, 3.8) is 0 Å². The highest BCUT2D eigenvalue weighted by Crippen LogP contribution is 2.36. The standard InChI is InChI=1S/C22H25F2N5O3/c1-12(2)19(13-3-4-16-17(9-13)32-8-7-31-16)29-21-14-10-15(28-20(14)26-11-27-21)22(30)25-6-5-18(23)24/h3-4,9-12,18-19H,5-8H2,1-2H3,(H,25,30)(H2,26,27,28,29)/t19-/m1/s1. The molecule has 1 aromatic carbocycles. The lowest BCUT2D eigenvalue weighted by atomic mass is 9.95. The van der Waals surface area contributed by atoms with Crippen LogP contribution in [0.1, 0.15) is 42.4 Å². The first-order valence-electron chi connectivity index (χ1n) is 10.5. The van der Waals surface area contributed by atoms with Crippen molar-refractivity contribution in [2.75, 3.05) is 25.1 Å². The number of rotatable bonds is 8. The third-order valence-corrected chi connectivity index (χ3v) is 5.20. The second kappa shape index (κ2) is 9.37. The lowest BCUT2D eigenvalue weighted by Gasteiger charge is -2.26. The first kappa shape index (κ1) is 21.8. The van der Waals surface area contributed by atoms with E-state index in [1.165, 1.54) is 6.33 Å². The molecule has 0 bridgehead atoms. The first-order valence-corrected chi connectivity index (χ1v) is 10.5. The van der Waals surface area contributed by atoms with Gasteiger partial charge in [0.15, 0.2) is 11.5 Å². The summed E-state index contributed by atoms with van der Waals surface area (Å²) in [6, 6.07) is 7.37. The summed E-state index contributed by atoms with van der Waals surface area (Å²) < 4.78 is 36.0. The maximum atomic E-state index is 12.3. The summed E-state index contributed by atoms with van der Waals surface area (Å²) in [6.07, 6.45) is -1.46. The Kier molecular flexibility index (Phi) is 6.38. The molecule has 1 atom stereocenters. The van der Waals surface area contributed by atoms with Crippen LogP contribution in [-0.2, 0) is 0 Å². The Morgan fingerprint density at radius 2 is 1.94 bits per heavy atom. The SMILES string of the molecule is CC(C)[C@@H](Nc1ncnc2[nH]c(C(=O)NCCC(F)F)cc12)c1ccc2c(c1)OCCO2. The second-order valence-corrected chi connectivity index (χ2v) is 7.87. The number of halogens is 2. The van der Waals surface area contributed by atoms with Crippen molar-refractivity contribution in [1.82, 2.24) is 20.3 Å². The lowest BCUT2D eigenvalue weighted by molar-refractivity contribution is 0.0930. The van der Waals surface area contributed by atoms with Crippen LogP contribution >= 0.6 is 0 Å². The lowest BCUT2D eigenvalue weighted by Crippen LogP contribution is -2.25. The van der Waals surface area contributed by atoms with Crippen LogP contribution in [0.15, 0.2) is 30.6 Å². The van der Waals surface area contributed by atoms with Crippen molar-refractivity contribution in [3.05, 3.63) is 41.9 Å². The fourth-order valence-electron chi connectivity index (χ4n) is 3.60. The molecule has 8 nitrogen and oxygen atoms in total. The molecule has 0 fully saturated rings. The number of alkyl halides is 2. The van der Waals surface area contributed by atoms with Crippen LogP contribution in [0.3, 0.4) is 0 Å². The maximum Gasteiger partial charge on any atom is 0.267 e. The molecule has 1 aliphatic heterocycles. The molecule has 10 heteroatoms. The van der Waals surface area contributed by atoms with Gasteiger partial charge in [-0.15, -0.1) is 0 Å². The Hall–Kier alpha value is -3.43. The van der Waals surface area contributed by atoms with Crippen molar-refractivity contribution < 1.29 is 23.0 Å². The molecule has 0 saturated carbocycles. The molecule has 0 saturated heterocycles. The minimum atomic E-state index is -2.46. The summed E-state index contributed by atoms with van der Waals surface area (Å²) >= 11 is 0. The number of carbonyl (C=O) groups excluding carboxylic acids is 1. The predicted molar refractivity (Wildman–Crippen MR) is 115 cm³/mol. The van der Waals surface area contributed by atoms with Gasteiger partial charge in [0.05, 0.1) is 11.4 Å². The molecule has 0 aliphatic carbocycles. The van der Waals surface area contributed by atoms with E-state index in [1.54, 1.807) is 6.07 Å². The Labute approximate surface area is 183 Å². The van der Waals surface area contributed by atoms with Crippen LogP contribution in [-0.4, -0.2) is 47.0 Å². The fourth-order valence-corrected chi connectivity index (χ4v) is 3.60. The molecule has 1 aliphatic rings. The van der Waals surface area contributed by atoms with Gasteiger partial charge >= 0.3 is 0 Å². The van der Waals surface area contributed by atoms with E-state index in [-0.39, 0.29) is 24.2 Å². The number of nitrogens with one attached hydrogen (secondary N) is 3. The molecule has 32 heavy (non-hydrogen) atoms. The Balaban J connectivity index is 1.58. The van der Waals surface area contributed by atoms with Gasteiger partial charge in [-0.3, -0.25) is 4.79 Å². The average Bonchev–Trinajstić information content (AvgIpc) is 3.22. The van der Waals surface area contributed by atoms with Gasteiger partial charge in [-0.1, -0.05) is 19.9 Å². The van der Waals surface area contributed by atoms with Crippen LogP contribution in [0.2, 0.25) is 0 Å². The number of amides is 1. The van der Waals surface area contributed by atoms with Crippen molar-refractivity contribution in [3.8, 4) is 11.5 Å². The molecule has 0 spiro atoms. The van der Waals surface area contributed by atoms with Gasteiger partial charge in [0.2, 0.25) is 6.43 Å². The molecular weight excluding hydrogens is 420 g/mol. The third-order valence-electron chi connectivity index (χ3n) is 5.20. The number of hydrogen-bond donors (Lipinski definition) is 3. The minimum Gasteiger partial charge on any atom is -0.486 e. The number of nitrogens with zero attached hydrogens (tertiary/aromatic N) is 2. The number of hydrogen-bond acceptors (Lipinski definition) is 6. The second-order valence-electron chi connectivity index (χ2n) is 7.87. The fraction of sp³-hybridized carbons (Fsp3) is 0.409. The van der Waals surface area contributed by atoms with Crippen molar-refractivity contribution in [1.29, 1.82) is 0 Å². The first-order chi connectivity index (χ1) is 15.4. The van der Waals surface area contributed by atoms with Gasteiger partial charge in [-0.2, -0.15) is 0 Å². The molecule has 3 heterocycles. The molecule has 170 valence electrons. The summed E-state index contributed by atoms with van der Waals surface area (Å²) in [5.41, 5.74) is 1.72. The topological polar surface area (TPSA) is 101 Å². The van der Waals surface area contributed by atoms with Crippen molar-refractivity contribution in [2.45, 2.75) is 32.7 Å². The van der Waals surface area contributed by atoms with Gasteiger partial charge in [-0.25, -0.2) is 18.7 Å². The van der Waals surface area contributed by atoms with E-state index in [2.05, 4.69) is 39.4 Å². The summed E-state index contributed by atoms with van der Waals surface area (Å²) in [5.74, 6) is 1.73. The number of H-pyrrole nitrogens is 1. The van der Waals surface area contributed by atoms with E-state index in [0.717, 1.165) is 11.3 Å². The number of ether oxygens (including phenoxy) is 2.